The van der Waals surface area contributed by atoms with E-state index in [0.717, 1.165) is 0 Å². The van der Waals surface area contributed by atoms with Crippen LogP contribution in [0.3, 0.4) is 0 Å². The van der Waals surface area contributed by atoms with Crippen molar-refractivity contribution in [2.75, 3.05) is 18.8 Å². The average Bonchev–Trinajstić information content (AvgIpc) is 3.23. The number of carbonyl (C=O) groups excluding carboxylic acids is 2. The van der Waals surface area contributed by atoms with Crippen molar-refractivity contribution in [2.24, 2.45) is 0 Å². The van der Waals surface area contributed by atoms with Gasteiger partial charge in [-0.15, -0.1) is 10.2 Å². The number of fused-ring (bicyclic) bond motifs is 1. The fourth-order valence-corrected chi connectivity index (χ4v) is 2.14. The topological polar surface area (TPSA) is 128 Å². The van der Waals surface area contributed by atoms with E-state index in [4.69, 9.17) is 9.47 Å². The third kappa shape index (κ3) is 3.60. The number of ether oxygens (including phenoxy) is 2. The minimum absolute atomic E-state index is 0.0348. The number of nitrogens with zero attached hydrogens (tertiary/aromatic N) is 3. The molecule has 10 heteroatoms. The zero-order valence-electron chi connectivity index (χ0n) is 12.5. The van der Waals surface area contributed by atoms with Gasteiger partial charge in [0.05, 0.1) is 13.0 Å². The van der Waals surface area contributed by atoms with E-state index >= 15 is 0 Å². The molecule has 0 saturated carbocycles. The number of nitrogens with one attached hydrogen (secondary N) is 2. The first kappa shape index (κ1) is 15.7. The Morgan fingerprint density at radius 2 is 2.00 bits per heavy atom. The van der Waals surface area contributed by atoms with Gasteiger partial charge in [-0.05, 0) is 17.7 Å². The highest BCUT2D eigenvalue weighted by molar-refractivity contribution is 5.93. The molecule has 0 aliphatic carbocycles. The molecule has 126 valence electrons. The van der Waals surface area contributed by atoms with Gasteiger partial charge >= 0.3 is 0 Å². The smallest absolute Gasteiger partial charge is 0.263 e. The van der Waals surface area contributed by atoms with Crippen LogP contribution < -0.4 is 20.2 Å². The van der Waals surface area contributed by atoms with Gasteiger partial charge in [0.2, 0.25) is 12.7 Å². The Hall–Kier alpha value is -3.14. The first-order valence-electron chi connectivity index (χ1n) is 7.10. The van der Waals surface area contributed by atoms with E-state index in [1.807, 2.05) is 0 Å². The number of aliphatic hydroxyl groups excluding tert-OH is 1. The number of amides is 2. The molecule has 1 aromatic carbocycles. The van der Waals surface area contributed by atoms with Gasteiger partial charge < -0.3 is 19.9 Å². The Labute approximate surface area is 136 Å². The molecule has 0 saturated heterocycles. The van der Waals surface area contributed by atoms with Gasteiger partial charge in [-0.1, -0.05) is 6.07 Å². The first-order valence-corrected chi connectivity index (χ1v) is 7.10. The molecule has 1 aliphatic rings. The highest BCUT2D eigenvalue weighted by Gasteiger charge is 2.21. The summed E-state index contributed by atoms with van der Waals surface area (Å²) in [4.78, 5) is 24.1. The molecule has 1 aliphatic heterocycles. The van der Waals surface area contributed by atoms with Crippen LogP contribution in [0.5, 0.6) is 11.5 Å². The highest BCUT2D eigenvalue weighted by Crippen LogP contribution is 2.32. The van der Waals surface area contributed by atoms with E-state index in [9.17, 15) is 14.7 Å². The van der Waals surface area contributed by atoms with Crippen LogP contribution in [0.2, 0.25) is 0 Å². The molecule has 1 aromatic heterocycles. The van der Waals surface area contributed by atoms with E-state index in [1.54, 1.807) is 18.2 Å². The second-order valence-corrected chi connectivity index (χ2v) is 5.01. The molecule has 2 aromatic rings. The largest absolute Gasteiger partial charge is 0.454 e. The van der Waals surface area contributed by atoms with Gasteiger partial charge in [0.25, 0.3) is 5.91 Å². The number of hydrogen-bond donors (Lipinski definition) is 3. The summed E-state index contributed by atoms with van der Waals surface area (Å²) in [6.45, 7) is -0.387. The molecule has 0 radical (unpaired) electrons. The Bertz CT molecular complexity index is 733. The monoisotopic (exact) mass is 333 g/mol. The Morgan fingerprint density at radius 3 is 2.75 bits per heavy atom. The predicted octanol–water partition coefficient (Wildman–Crippen LogP) is -1.20. The van der Waals surface area contributed by atoms with Crippen molar-refractivity contribution in [3.8, 4) is 11.5 Å². The maximum atomic E-state index is 12.1. The van der Waals surface area contributed by atoms with Crippen molar-refractivity contribution in [3.63, 3.8) is 0 Å². The summed E-state index contributed by atoms with van der Waals surface area (Å²) in [5.41, 5.74) is 3.12. The van der Waals surface area contributed by atoms with Gasteiger partial charge in [-0.3, -0.25) is 15.0 Å². The molecule has 1 atom stereocenters. The Kier molecular flexibility index (Phi) is 4.57. The van der Waals surface area contributed by atoms with Crippen molar-refractivity contribution >= 4 is 11.8 Å². The molecule has 2 amide bonds. The third-order valence-electron chi connectivity index (χ3n) is 3.29. The SMILES string of the molecule is O=C(Cc1ccc2c(c1)OCO2)NC(CO)C(=O)Nn1cnnc1. The van der Waals surface area contributed by atoms with E-state index in [2.05, 4.69) is 20.9 Å². The lowest BCUT2D eigenvalue weighted by Crippen LogP contribution is -2.48. The third-order valence-corrected chi connectivity index (χ3v) is 3.29. The summed E-state index contributed by atoms with van der Waals surface area (Å²) in [7, 11) is 0. The molecular weight excluding hydrogens is 318 g/mol. The normalized spacial score (nSPS) is 13.4. The van der Waals surface area contributed by atoms with Crippen LogP contribution in [-0.4, -0.2) is 51.2 Å². The lowest BCUT2D eigenvalue weighted by atomic mass is 10.1. The molecule has 24 heavy (non-hydrogen) atoms. The van der Waals surface area contributed by atoms with Gasteiger partial charge in [-0.25, -0.2) is 4.68 Å². The van der Waals surface area contributed by atoms with Gasteiger partial charge in [0.1, 0.15) is 18.7 Å². The Balaban J connectivity index is 1.57. The summed E-state index contributed by atoms with van der Waals surface area (Å²) in [6.07, 6.45) is 2.59. The van der Waals surface area contributed by atoms with Crippen molar-refractivity contribution in [1.82, 2.24) is 20.2 Å². The van der Waals surface area contributed by atoms with Crippen LogP contribution in [0.4, 0.5) is 0 Å². The van der Waals surface area contributed by atoms with E-state index < -0.39 is 24.5 Å². The van der Waals surface area contributed by atoms with Crippen LogP contribution in [0.25, 0.3) is 0 Å². The second-order valence-electron chi connectivity index (χ2n) is 5.01. The van der Waals surface area contributed by atoms with E-state index in [1.165, 1.54) is 17.3 Å². The number of benzene rings is 1. The number of hydrogen-bond acceptors (Lipinski definition) is 7. The van der Waals surface area contributed by atoms with E-state index in [0.29, 0.717) is 17.1 Å². The molecule has 3 rings (SSSR count). The molecule has 2 heterocycles. The van der Waals surface area contributed by atoms with Crippen LogP contribution in [-0.2, 0) is 16.0 Å². The maximum absolute atomic E-state index is 12.1. The summed E-state index contributed by atoms with van der Waals surface area (Å²) in [6, 6.07) is 4.06. The van der Waals surface area contributed by atoms with Crippen molar-refractivity contribution in [3.05, 3.63) is 36.4 Å². The first-order chi connectivity index (χ1) is 11.7. The zero-order chi connectivity index (χ0) is 16.9. The molecule has 3 N–H and O–H groups in total. The molecule has 0 bridgehead atoms. The summed E-state index contributed by atoms with van der Waals surface area (Å²) < 4.78 is 11.7. The number of rotatable bonds is 6. The molecule has 0 spiro atoms. The van der Waals surface area contributed by atoms with Gasteiger partial charge in [-0.2, -0.15) is 0 Å². The lowest BCUT2D eigenvalue weighted by Gasteiger charge is -2.16. The quantitative estimate of drug-likeness (QED) is 0.605. The molecule has 10 nitrogen and oxygen atoms in total. The average molecular weight is 333 g/mol. The van der Waals surface area contributed by atoms with Crippen LogP contribution in [0, 0.1) is 0 Å². The molecular formula is C14H15N5O5. The second kappa shape index (κ2) is 6.96. The van der Waals surface area contributed by atoms with Crippen molar-refractivity contribution in [1.29, 1.82) is 0 Å². The molecule has 0 fully saturated rings. The van der Waals surface area contributed by atoms with Gasteiger partial charge in [0.15, 0.2) is 11.5 Å². The summed E-state index contributed by atoms with van der Waals surface area (Å²) >= 11 is 0. The lowest BCUT2D eigenvalue weighted by molar-refractivity contribution is -0.127. The van der Waals surface area contributed by atoms with Crippen molar-refractivity contribution < 1.29 is 24.2 Å². The maximum Gasteiger partial charge on any atom is 0.263 e. The van der Waals surface area contributed by atoms with E-state index in [-0.39, 0.29) is 13.2 Å². The Morgan fingerprint density at radius 1 is 1.25 bits per heavy atom. The van der Waals surface area contributed by atoms with Crippen LogP contribution >= 0.6 is 0 Å². The number of aliphatic hydroxyl groups is 1. The fourth-order valence-electron chi connectivity index (χ4n) is 2.14. The minimum Gasteiger partial charge on any atom is -0.454 e. The zero-order valence-corrected chi connectivity index (χ0v) is 12.5. The predicted molar refractivity (Wildman–Crippen MR) is 79.7 cm³/mol. The standard InChI is InChI=1S/C14H15N5O5/c20-5-10(14(22)18-19-6-15-16-7-19)17-13(21)4-9-1-2-11-12(3-9)24-8-23-11/h1-3,6-7,10,20H,4-5,8H2,(H,17,21)(H,18,22). The highest BCUT2D eigenvalue weighted by atomic mass is 16.7. The summed E-state index contributed by atoms with van der Waals surface area (Å²) in [5.74, 6) is 0.202. The number of carbonyl (C=O) groups is 2. The minimum atomic E-state index is -1.09. The fraction of sp³-hybridized carbons (Fsp3) is 0.286. The van der Waals surface area contributed by atoms with Crippen LogP contribution in [0.1, 0.15) is 5.56 Å². The van der Waals surface area contributed by atoms with Crippen molar-refractivity contribution in [2.45, 2.75) is 12.5 Å². The molecule has 1 unspecified atom stereocenters. The number of aromatic nitrogens is 3. The van der Waals surface area contributed by atoms with Crippen LogP contribution in [0.15, 0.2) is 30.9 Å². The summed E-state index contributed by atoms with van der Waals surface area (Å²) in [5, 5.41) is 18.8. The van der Waals surface area contributed by atoms with Gasteiger partial charge in [0, 0.05) is 0 Å².